The fraction of sp³-hybridized carbons (Fsp3) is 0.0833. The first-order valence-electron chi connectivity index (χ1n) is 5.65. The number of nitrogens with zero attached hydrogens (tertiary/aromatic N) is 1. The van der Waals surface area contributed by atoms with E-state index in [1.165, 1.54) is 19.3 Å². The van der Waals surface area contributed by atoms with Gasteiger partial charge >= 0.3 is 0 Å². The molecule has 0 aliphatic heterocycles. The van der Waals surface area contributed by atoms with Crippen molar-refractivity contribution in [3.05, 3.63) is 46.6 Å². The molecule has 1 aromatic carbocycles. The molecule has 2 rings (SSSR count). The topological polar surface area (TPSA) is 71.1 Å². The van der Waals surface area contributed by atoms with Crippen molar-refractivity contribution >= 4 is 37.3 Å². The molecule has 1 aromatic heterocycles. The smallest absolute Gasteiger partial charge is 0.281 e. The average molecular weight is 378 g/mol. The average Bonchev–Trinajstić information content (AvgIpc) is 2.44. The molecule has 5 nitrogen and oxygen atoms in total. The van der Waals surface area contributed by atoms with Crippen molar-refractivity contribution < 1.29 is 17.2 Å². The van der Waals surface area contributed by atoms with E-state index < -0.39 is 27.3 Å². The van der Waals surface area contributed by atoms with Crippen molar-refractivity contribution in [2.45, 2.75) is 5.03 Å². The van der Waals surface area contributed by atoms with Crippen LogP contribution in [0.3, 0.4) is 0 Å². The van der Waals surface area contributed by atoms with Crippen LogP contribution in [-0.4, -0.2) is 20.4 Å². The molecule has 0 fully saturated rings. The summed E-state index contributed by atoms with van der Waals surface area (Å²) in [6.07, 6.45) is 1.29. The maximum atomic E-state index is 13.7. The summed E-state index contributed by atoms with van der Waals surface area (Å²) in [6, 6.07) is 4.63. The maximum absolute atomic E-state index is 13.7. The van der Waals surface area contributed by atoms with Crippen molar-refractivity contribution in [2.75, 3.05) is 17.1 Å². The molecule has 2 aromatic rings. The van der Waals surface area contributed by atoms with E-state index >= 15 is 0 Å². The van der Waals surface area contributed by atoms with Crippen LogP contribution in [0.2, 0.25) is 0 Å². The van der Waals surface area contributed by atoms with Gasteiger partial charge in [-0.05, 0) is 34.1 Å². The van der Waals surface area contributed by atoms with Crippen LogP contribution in [0.1, 0.15) is 0 Å². The minimum Gasteiger partial charge on any atom is -0.386 e. The first-order chi connectivity index (χ1) is 9.85. The Morgan fingerprint density at radius 3 is 2.57 bits per heavy atom. The third kappa shape index (κ3) is 3.30. The third-order valence-electron chi connectivity index (χ3n) is 2.55. The lowest BCUT2D eigenvalue weighted by molar-refractivity contribution is 0.590. The number of hydrogen-bond acceptors (Lipinski definition) is 4. The second kappa shape index (κ2) is 5.94. The van der Waals surface area contributed by atoms with Crippen molar-refractivity contribution in [3.63, 3.8) is 0 Å². The quantitative estimate of drug-likeness (QED) is 0.803. The summed E-state index contributed by atoms with van der Waals surface area (Å²) in [6.45, 7) is 0. The summed E-state index contributed by atoms with van der Waals surface area (Å²) in [4.78, 5) is 3.75. The Kier molecular flexibility index (Phi) is 4.43. The molecule has 0 atom stereocenters. The SMILES string of the molecule is CNc1cccnc1S(=O)(=O)Nc1cc(F)c(Br)cc1F. The highest BCUT2D eigenvalue weighted by molar-refractivity contribution is 9.10. The predicted molar refractivity (Wildman–Crippen MR) is 78.7 cm³/mol. The number of benzene rings is 1. The molecule has 1 heterocycles. The van der Waals surface area contributed by atoms with Gasteiger partial charge in [-0.25, -0.2) is 13.8 Å². The zero-order valence-corrected chi connectivity index (χ0v) is 13.1. The van der Waals surface area contributed by atoms with Crippen molar-refractivity contribution in [1.82, 2.24) is 4.98 Å². The maximum Gasteiger partial charge on any atom is 0.281 e. The van der Waals surface area contributed by atoms with Crippen LogP contribution in [0.5, 0.6) is 0 Å². The monoisotopic (exact) mass is 377 g/mol. The molecular weight excluding hydrogens is 368 g/mol. The minimum absolute atomic E-state index is 0.100. The van der Waals surface area contributed by atoms with E-state index in [0.29, 0.717) is 0 Å². The first-order valence-corrected chi connectivity index (χ1v) is 7.93. The van der Waals surface area contributed by atoms with Crippen LogP contribution in [0.15, 0.2) is 40.0 Å². The summed E-state index contributed by atoms with van der Waals surface area (Å²) in [5, 5.41) is 2.36. The van der Waals surface area contributed by atoms with Crippen LogP contribution in [0.25, 0.3) is 0 Å². The Hall–Kier alpha value is -1.74. The highest BCUT2D eigenvalue weighted by Crippen LogP contribution is 2.26. The lowest BCUT2D eigenvalue weighted by Crippen LogP contribution is -2.17. The van der Waals surface area contributed by atoms with Gasteiger partial charge in [0.15, 0.2) is 5.03 Å². The van der Waals surface area contributed by atoms with Crippen LogP contribution < -0.4 is 10.0 Å². The van der Waals surface area contributed by atoms with Crippen molar-refractivity contribution in [1.29, 1.82) is 0 Å². The van der Waals surface area contributed by atoms with Gasteiger partial charge in [0.25, 0.3) is 10.0 Å². The zero-order valence-electron chi connectivity index (χ0n) is 10.7. The van der Waals surface area contributed by atoms with Crippen LogP contribution in [0, 0.1) is 11.6 Å². The number of rotatable bonds is 4. The standard InChI is InChI=1S/C12H10BrF2N3O2S/c1-16-10-3-2-4-17-12(10)21(19,20)18-11-6-8(14)7(13)5-9(11)15/h2-6,16,18H,1H3. The second-order valence-electron chi connectivity index (χ2n) is 3.96. The van der Waals surface area contributed by atoms with Gasteiger partial charge in [0.05, 0.1) is 15.8 Å². The van der Waals surface area contributed by atoms with Gasteiger partial charge in [-0.1, -0.05) is 0 Å². The molecule has 0 radical (unpaired) electrons. The first kappa shape index (κ1) is 15.6. The van der Waals surface area contributed by atoms with E-state index in [2.05, 4.69) is 26.2 Å². The van der Waals surface area contributed by atoms with Gasteiger partial charge in [0.1, 0.15) is 11.6 Å². The molecule has 2 N–H and O–H groups in total. The molecule has 0 saturated heterocycles. The van der Waals surface area contributed by atoms with E-state index in [0.717, 1.165) is 12.1 Å². The lowest BCUT2D eigenvalue weighted by atomic mass is 10.3. The van der Waals surface area contributed by atoms with Crippen LogP contribution in [0.4, 0.5) is 20.2 Å². The molecule has 112 valence electrons. The van der Waals surface area contributed by atoms with Crippen LogP contribution >= 0.6 is 15.9 Å². The van der Waals surface area contributed by atoms with Crippen molar-refractivity contribution in [2.24, 2.45) is 0 Å². The Morgan fingerprint density at radius 2 is 1.90 bits per heavy atom. The third-order valence-corrected chi connectivity index (χ3v) is 4.48. The highest BCUT2D eigenvalue weighted by atomic mass is 79.9. The molecule has 0 aliphatic carbocycles. The van der Waals surface area contributed by atoms with E-state index in [-0.39, 0.29) is 15.2 Å². The molecule has 0 spiro atoms. The normalized spacial score (nSPS) is 11.2. The Labute approximate surface area is 128 Å². The summed E-state index contributed by atoms with van der Waals surface area (Å²) in [7, 11) is -2.63. The Balaban J connectivity index is 2.45. The predicted octanol–water partition coefficient (Wildman–Crippen LogP) is 2.96. The molecule has 0 saturated carbocycles. The van der Waals surface area contributed by atoms with Crippen LogP contribution in [-0.2, 0) is 10.0 Å². The van der Waals surface area contributed by atoms with Crippen molar-refractivity contribution in [3.8, 4) is 0 Å². The Morgan fingerprint density at radius 1 is 1.19 bits per heavy atom. The molecule has 0 aliphatic rings. The van der Waals surface area contributed by atoms with Gasteiger partial charge in [-0.2, -0.15) is 8.42 Å². The van der Waals surface area contributed by atoms with Gasteiger partial charge in [0, 0.05) is 19.3 Å². The number of aromatic nitrogens is 1. The number of halogens is 3. The second-order valence-corrected chi connectivity index (χ2v) is 6.41. The zero-order chi connectivity index (χ0) is 15.6. The van der Waals surface area contributed by atoms with E-state index in [4.69, 9.17) is 0 Å². The molecule has 0 unspecified atom stereocenters. The van der Waals surface area contributed by atoms with E-state index in [1.54, 1.807) is 6.07 Å². The van der Waals surface area contributed by atoms with Gasteiger partial charge in [-0.15, -0.1) is 0 Å². The van der Waals surface area contributed by atoms with Gasteiger partial charge in [-0.3, -0.25) is 4.72 Å². The molecule has 0 amide bonds. The minimum atomic E-state index is -4.15. The molecule has 21 heavy (non-hydrogen) atoms. The number of pyridine rings is 1. The van der Waals surface area contributed by atoms with E-state index in [1.807, 2.05) is 4.72 Å². The van der Waals surface area contributed by atoms with Gasteiger partial charge < -0.3 is 5.32 Å². The number of nitrogens with one attached hydrogen (secondary N) is 2. The summed E-state index contributed by atoms with van der Waals surface area (Å²) >= 11 is 2.81. The number of hydrogen-bond donors (Lipinski definition) is 2. The van der Waals surface area contributed by atoms with E-state index in [9.17, 15) is 17.2 Å². The number of sulfonamides is 1. The summed E-state index contributed by atoms with van der Waals surface area (Å²) in [5.41, 5.74) is -0.258. The Bertz CT molecular complexity index is 784. The fourth-order valence-electron chi connectivity index (χ4n) is 1.59. The molecule has 0 bridgehead atoms. The summed E-state index contributed by atoms with van der Waals surface area (Å²) < 4.78 is 53.4. The fourth-order valence-corrected chi connectivity index (χ4v) is 3.11. The number of anilines is 2. The lowest BCUT2D eigenvalue weighted by Gasteiger charge is -2.11. The molecule has 9 heteroatoms. The largest absolute Gasteiger partial charge is 0.386 e. The summed E-state index contributed by atoms with van der Waals surface area (Å²) in [5.74, 6) is -1.70. The highest BCUT2D eigenvalue weighted by Gasteiger charge is 2.22. The van der Waals surface area contributed by atoms with Gasteiger partial charge in [0.2, 0.25) is 0 Å². The molecular formula is C12H10BrF2N3O2S.